The first kappa shape index (κ1) is 9.71. The van der Waals surface area contributed by atoms with Gasteiger partial charge in [-0.2, -0.15) is 5.10 Å². The van der Waals surface area contributed by atoms with E-state index in [-0.39, 0.29) is 0 Å². The average molecular weight is 193 g/mol. The first-order chi connectivity index (χ1) is 6.79. The van der Waals surface area contributed by atoms with Crippen molar-refractivity contribution in [1.82, 2.24) is 14.7 Å². The van der Waals surface area contributed by atoms with Crippen molar-refractivity contribution in [3.8, 4) is 0 Å². The van der Waals surface area contributed by atoms with Crippen molar-refractivity contribution in [2.45, 2.75) is 32.2 Å². The highest BCUT2D eigenvalue weighted by Gasteiger charge is 2.18. The lowest BCUT2D eigenvalue weighted by molar-refractivity contribution is 0.212. The Labute approximate surface area is 85.7 Å². The Balaban J connectivity index is 2.01. The highest BCUT2D eigenvalue weighted by Crippen LogP contribution is 2.21. The van der Waals surface area contributed by atoms with Crippen molar-refractivity contribution >= 4 is 0 Å². The van der Waals surface area contributed by atoms with Gasteiger partial charge in [-0.1, -0.05) is 6.92 Å². The van der Waals surface area contributed by atoms with Crippen molar-refractivity contribution in [3.63, 3.8) is 0 Å². The van der Waals surface area contributed by atoms with Crippen LogP contribution in [0.1, 0.15) is 31.4 Å². The number of nitrogens with zero attached hydrogens (tertiary/aromatic N) is 3. The molecular formula is C11H19N3. The van der Waals surface area contributed by atoms with Gasteiger partial charge in [-0.25, -0.2) is 0 Å². The lowest BCUT2D eigenvalue weighted by Gasteiger charge is -2.28. The predicted molar refractivity (Wildman–Crippen MR) is 57.4 cm³/mol. The molecule has 0 radical (unpaired) electrons. The van der Waals surface area contributed by atoms with E-state index in [9.17, 15) is 0 Å². The van der Waals surface area contributed by atoms with Crippen molar-refractivity contribution < 1.29 is 0 Å². The first-order valence-electron chi connectivity index (χ1n) is 5.51. The Morgan fingerprint density at radius 3 is 2.71 bits per heavy atom. The van der Waals surface area contributed by atoms with E-state index in [4.69, 9.17) is 0 Å². The van der Waals surface area contributed by atoms with E-state index in [1.165, 1.54) is 31.5 Å². The number of rotatable bonds is 2. The second kappa shape index (κ2) is 4.13. The molecule has 0 amide bonds. The van der Waals surface area contributed by atoms with Crippen molar-refractivity contribution in [2.75, 3.05) is 20.1 Å². The van der Waals surface area contributed by atoms with Crippen LogP contribution in [0.4, 0.5) is 0 Å². The number of hydrogen-bond acceptors (Lipinski definition) is 2. The van der Waals surface area contributed by atoms with E-state index in [2.05, 4.69) is 34.8 Å². The third-order valence-electron chi connectivity index (χ3n) is 3.13. The summed E-state index contributed by atoms with van der Waals surface area (Å²) in [6, 6.07) is 0.631. The van der Waals surface area contributed by atoms with Crippen molar-refractivity contribution in [2.24, 2.45) is 0 Å². The zero-order chi connectivity index (χ0) is 9.97. The van der Waals surface area contributed by atoms with E-state index < -0.39 is 0 Å². The van der Waals surface area contributed by atoms with Crippen molar-refractivity contribution in [1.29, 1.82) is 0 Å². The largest absolute Gasteiger partial charge is 0.306 e. The number of aryl methyl sites for hydroxylation is 1. The fourth-order valence-corrected chi connectivity index (χ4v) is 2.02. The zero-order valence-electron chi connectivity index (χ0n) is 9.11. The van der Waals surface area contributed by atoms with Gasteiger partial charge in [0.2, 0.25) is 0 Å². The maximum atomic E-state index is 4.43. The molecule has 1 saturated heterocycles. The summed E-state index contributed by atoms with van der Waals surface area (Å²) >= 11 is 0. The maximum absolute atomic E-state index is 4.43. The molecule has 0 aliphatic carbocycles. The summed E-state index contributed by atoms with van der Waals surface area (Å²) in [6.07, 6.45) is 7.77. The lowest BCUT2D eigenvalue weighted by atomic mass is 10.1. The smallest absolute Gasteiger partial charge is 0.0543 e. The van der Waals surface area contributed by atoms with Crippen LogP contribution in [0, 0.1) is 0 Å². The molecule has 2 rings (SSSR count). The van der Waals surface area contributed by atoms with Crippen LogP contribution in [0.25, 0.3) is 0 Å². The van der Waals surface area contributed by atoms with Crippen LogP contribution in [0.3, 0.4) is 0 Å². The Bertz CT molecular complexity index is 284. The van der Waals surface area contributed by atoms with Crippen LogP contribution in [0.15, 0.2) is 12.4 Å². The first-order valence-corrected chi connectivity index (χ1v) is 5.51. The molecule has 3 heteroatoms. The van der Waals surface area contributed by atoms with Gasteiger partial charge in [0.25, 0.3) is 0 Å². The van der Waals surface area contributed by atoms with Gasteiger partial charge in [-0.05, 0) is 45.0 Å². The van der Waals surface area contributed by atoms with Crippen LogP contribution < -0.4 is 0 Å². The van der Waals surface area contributed by atoms with Gasteiger partial charge in [-0.3, -0.25) is 4.68 Å². The molecule has 0 atom stereocenters. The highest BCUT2D eigenvalue weighted by atomic mass is 15.3. The van der Waals surface area contributed by atoms with E-state index in [1.807, 2.05) is 6.20 Å². The average Bonchev–Trinajstić information content (AvgIpc) is 2.67. The summed E-state index contributed by atoms with van der Waals surface area (Å²) in [4.78, 5) is 2.39. The predicted octanol–water partition coefficient (Wildman–Crippen LogP) is 1.71. The summed E-state index contributed by atoms with van der Waals surface area (Å²) in [6.45, 7) is 4.58. The number of likely N-dealkylation sites (tertiary alicyclic amines) is 1. The van der Waals surface area contributed by atoms with E-state index in [0.717, 1.165) is 6.42 Å². The minimum atomic E-state index is 0.631. The van der Waals surface area contributed by atoms with Crippen LogP contribution >= 0.6 is 0 Å². The van der Waals surface area contributed by atoms with Crippen LogP contribution in [0.2, 0.25) is 0 Å². The minimum absolute atomic E-state index is 0.631. The summed E-state index contributed by atoms with van der Waals surface area (Å²) in [5, 5.41) is 4.43. The quantitative estimate of drug-likeness (QED) is 0.713. The molecule has 0 bridgehead atoms. The van der Waals surface area contributed by atoms with E-state index in [0.29, 0.717) is 6.04 Å². The second-order valence-corrected chi connectivity index (χ2v) is 4.22. The summed E-state index contributed by atoms with van der Waals surface area (Å²) in [5.41, 5.74) is 1.35. The molecule has 1 aliphatic heterocycles. The van der Waals surface area contributed by atoms with Gasteiger partial charge in [0, 0.05) is 6.20 Å². The topological polar surface area (TPSA) is 21.1 Å². The third-order valence-corrected chi connectivity index (χ3v) is 3.13. The molecule has 1 aliphatic rings. The van der Waals surface area contributed by atoms with Gasteiger partial charge < -0.3 is 4.90 Å². The highest BCUT2D eigenvalue weighted by molar-refractivity contribution is 5.03. The lowest BCUT2D eigenvalue weighted by Crippen LogP contribution is -2.31. The van der Waals surface area contributed by atoms with Gasteiger partial charge in [0.1, 0.15) is 0 Å². The van der Waals surface area contributed by atoms with E-state index in [1.54, 1.807) is 0 Å². The molecule has 14 heavy (non-hydrogen) atoms. The molecule has 0 aromatic carbocycles. The number of aromatic nitrogens is 2. The van der Waals surface area contributed by atoms with Gasteiger partial charge in [0.15, 0.2) is 0 Å². The Hall–Kier alpha value is -0.830. The Kier molecular flexibility index (Phi) is 2.87. The number of piperidine rings is 1. The standard InChI is InChI=1S/C11H19N3/c1-3-10-8-12-14(9-10)11-4-6-13(2)7-5-11/h8-9,11H,3-7H2,1-2H3. The molecule has 0 N–H and O–H groups in total. The Morgan fingerprint density at radius 2 is 2.14 bits per heavy atom. The number of hydrogen-bond donors (Lipinski definition) is 0. The second-order valence-electron chi connectivity index (χ2n) is 4.22. The van der Waals surface area contributed by atoms with Crippen LogP contribution in [-0.2, 0) is 6.42 Å². The summed E-state index contributed by atoms with van der Waals surface area (Å²) in [7, 11) is 2.19. The molecule has 3 nitrogen and oxygen atoms in total. The molecule has 0 unspecified atom stereocenters. The van der Waals surface area contributed by atoms with Gasteiger partial charge in [0.05, 0.1) is 12.2 Å². The molecule has 78 valence electrons. The molecule has 1 aromatic heterocycles. The fraction of sp³-hybridized carbons (Fsp3) is 0.727. The summed E-state index contributed by atoms with van der Waals surface area (Å²) < 4.78 is 2.16. The minimum Gasteiger partial charge on any atom is -0.306 e. The monoisotopic (exact) mass is 193 g/mol. The maximum Gasteiger partial charge on any atom is 0.0543 e. The Morgan fingerprint density at radius 1 is 1.43 bits per heavy atom. The molecule has 0 spiro atoms. The van der Waals surface area contributed by atoms with E-state index >= 15 is 0 Å². The molecule has 1 fully saturated rings. The van der Waals surface area contributed by atoms with Gasteiger partial charge in [-0.15, -0.1) is 0 Å². The zero-order valence-corrected chi connectivity index (χ0v) is 9.11. The molecule has 2 heterocycles. The van der Waals surface area contributed by atoms with Crippen molar-refractivity contribution in [3.05, 3.63) is 18.0 Å². The van der Waals surface area contributed by atoms with Gasteiger partial charge >= 0.3 is 0 Å². The SMILES string of the molecule is CCc1cnn(C2CCN(C)CC2)c1. The third kappa shape index (κ3) is 1.98. The normalized spacial score (nSPS) is 20.1. The van der Waals surface area contributed by atoms with Crippen LogP contribution in [0.5, 0.6) is 0 Å². The molecular weight excluding hydrogens is 174 g/mol. The summed E-state index contributed by atoms with van der Waals surface area (Å²) in [5.74, 6) is 0. The molecule has 1 aromatic rings. The fourth-order valence-electron chi connectivity index (χ4n) is 2.02. The molecule has 0 saturated carbocycles. The van der Waals surface area contributed by atoms with Crippen LogP contribution in [-0.4, -0.2) is 34.8 Å².